The standard InChI is InChI=1S/C23H27N3O3/c1-5-28-23(27)22-19(14-24(2)3)26(16-9-7-6-8-10-16)18-11-12-20-17(21(18)22)13-25(4)15-29-20/h6-12H,5,13-15H2,1-4H3. The van der Waals surface area contributed by atoms with E-state index in [1.54, 1.807) is 0 Å². The summed E-state index contributed by atoms with van der Waals surface area (Å²) >= 11 is 0. The van der Waals surface area contributed by atoms with Crippen LogP contribution in [0.25, 0.3) is 16.6 Å². The fourth-order valence-electron chi connectivity index (χ4n) is 4.02. The van der Waals surface area contributed by atoms with Gasteiger partial charge in [-0.05, 0) is 52.3 Å². The zero-order valence-corrected chi connectivity index (χ0v) is 17.4. The lowest BCUT2D eigenvalue weighted by molar-refractivity contribution is 0.0526. The number of carbonyl (C=O) groups excluding carboxylic acids is 1. The van der Waals surface area contributed by atoms with Crippen LogP contribution in [0.1, 0.15) is 28.5 Å². The first-order chi connectivity index (χ1) is 14.0. The molecule has 3 aromatic rings. The normalized spacial score (nSPS) is 14.1. The number of hydrogen-bond acceptors (Lipinski definition) is 5. The van der Waals surface area contributed by atoms with Gasteiger partial charge in [-0.3, -0.25) is 4.90 Å². The van der Waals surface area contributed by atoms with Crippen molar-refractivity contribution >= 4 is 16.9 Å². The highest BCUT2D eigenvalue weighted by Gasteiger charge is 2.29. The van der Waals surface area contributed by atoms with E-state index < -0.39 is 0 Å². The average Bonchev–Trinajstić information content (AvgIpc) is 3.02. The summed E-state index contributed by atoms with van der Waals surface area (Å²) in [6, 6.07) is 14.2. The summed E-state index contributed by atoms with van der Waals surface area (Å²) in [7, 11) is 6.03. The molecular formula is C23H27N3O3. The van der Waals surface area contributed by atoms with Crippen molar-refractivity contribution in [3.05, 3.63) is 59.3 Å². The molecule has 1 aliphatic rings. The van der Waals surface area contributed by atoms with Crippen molar-refractivity contribution in [3.63, 3.8) is 0 Å². The Kier molecular flexibility index (Phi) is 5.30. The monoisotopic (exact) mass is 393 g/mol. The van der Waals surface area contributed by atoms with Gasteiger partial charge in [-0.1, -0.05) is 18.2 Å². The summed E-state index contributed by atoms with van der Waals surface area (Å²) in [5.41, 5.74) is 4.61. The van der Waals surface area contributed by atoms with Crippen LogP contribution in [-0.4, -0.2) is 54.8 Å². The maximum absolute atomic E-state index is 13.2. The van der Waals surface area contributed by atoms with Gasteiger partial charge >= 0.3 is 5.97 Å². The fraction of sp³-hybridized carbons (Fsp3) is 0.348. The molecule has 0 unspecified atom stereocenters. The second kappa shape index (κ2) is 7.89. The first kappa shape index (κ1) is 19.5. The molecule has 1 aliphatic heterocycles. The molecule has 6 nitrogen and oxygen atoms in total. The van der Waals surface area contributed by atoms with Crippen molar-refractivity contribution in [1.82, 2.24) is 14.4 Å². The van der Waals surface area contributed by atoms with Crippen molar-refractivity contribution in [2.45, 2.75) is 20.0 Å². The van der Waals surface area contributed by atoms with Crippen LogP contribution in [-0.2, 0) is 17.8 Å². The molecule has 4 rings (SSSR count). The smallest absolute Gasteiger partial charge is 0.340 e. The molecule has 1 aromatic heterocycles. The van der Waals surface area contributed by atoms with E-state index in [2.05, 4.69) is 26.5 Å². The van der Waals surface area contributed by atoms with Gasteiger partial charge in [0.15, 0.2) is 0 Å². The Labute approximate surface area is 171 Å². The molecule has 0 spiro atoms. The summed E-state index contributed by atoms with van der Waals surface area (Å²) in [4.78, 5) is 17.3. The van der Waals surface area contributed by atoms with Gasteiger partial charge in [0, 0.05) is 29.7 Å². The van der Waals surface area contributed by atoms with Crippen molar-refractivity contribution in [2.75, 3.05) is 34.5 Å². The zero-order chi connectivity index (χ0) is 20.5. The largest absolute Gasteiger partial charge is 0.478 e. The van der Waals surface area contributed by atoms with Gasteiger partial charge in [0.25, 0.3) is 0 Å². The molecule has 152 valence electrons. The highest BCUT2D eigenvalue weighted by atomic mass is 16.5. The molecule has 6 heteroatoms. The number of aromatic nitrogens is 1. The number of esters is 1. The number of rotatable bonds is 5. The van der Waals surface area contributed by atoms with Gasteiger partial charge in [0.05, 0.1) is 23.4 Å². The minimum absolute atomic E-state index is 0.286. The van der Waals surface area contributed by atoms with Crippen LogP contribution in [0.2, 0.25) is 0 Å². The lowest BCUT2D eigenvalue weighted by Crippen LogP contribution is -2.28. The second-order valence-corrected chi connectivity index (χ2v) is 7.67. The molecular weight excluding hydrogens is 366 g/mol. The van der Waals surface area contributed by atoms with Gasteiger partial charge in [-0.25, -0.2) is 4.79 Å². The Morgan fingerprint density at radius 1 is 1.17 bits per heavy atom. The Morgan fingerprint density at radius 2 is 1.93 bits per heavy atom. The number of carbonyl (C=O) groups is 1. The maximum Gasteiger partial charge on any atom is 0.340 e. The highest BCUT2D eigenvalue weighted by molar-refractivity contribution is 6.08. The predicted octanol–water partition coefficient (Wildman–Crippen LogP) is 3.65. The van der Waals surface area contributed by atoms with Gasteiger partial charge in [0.1, 0.15) is 12.5 Å². The van der Waals surface area contributed by atoms with Crippen LogP contribution in [0.15, 0.2) is 42.5 Å². The molecule has 2 aromatic carbocycles. The van der Waals surface area contributed by atoms with Crippen LogP contribution >= 0.6 is 0 Å². The number of benzene rings is 2. The minimum atomic E-state index is -0.286. The summed E-state index contributed by atoms with van der Waals surface area (Å²) in [5, 5.41) is 0.924. The third kappa shape index (κ3) is 3.50. The second-order valence-electron chi connectivity index (χ2n) is 7.67. The van der Waals surface area contributed by atoms with E-state index in [4.69, 9.17) is 9.47 Å². The van der Waals surface area contributed by atoms with E-state index >= 15 is 0 Å². The van der Waals surface area contributed by atoms with Crippen molar-refractivity contribution in [2.24, 2.45) is 0 Å². The molecule has 0 saturated heterocycles. The van der Waals surface area contributed by atoms with Gasteiger partial charge in [-0.2, -0.15) is 0 Å². The van der Waals surface area contributed by atoms with Crippen LogP contribution in [0, 0.1) is 0 Å². The molecule has 0 amide bonds. The molecule has 0 N–H and O–H groups in total. The van der Waals surface area contributed by atoms with E-state index in [9.17, 15) is 4.79 Å². The van der Waals surface area contributed by atoms with E-state index in [0.29, 0.717) is 25.4 Å². The van der Waals surface area contributed by atoms with Crippen molar-refractivity contribution in [1.29, 1.82) is 0 Å². The van der Waals surface area contributed by atoms with Crippen LogP contribution < -0.4 is 4.74 Å². The summed E-state index contributed by atoms with van der Waals surface area (Å²) in [6.45, 7) is 4.05. The molecule has 2 heterocycles. The topological polar surface area (TPSA) is 46.9 Å². The number of ether oxygens (including phenoxy) is 2. The van der Waals surface area contributed by atoms with Crippen LogP contribution in [0.3, 0.4) is 0 Å². The van der Waals surface area contributed by atoms with E-state index in [0.717, 1.165) is 40.1 Å². The number of para-hydroxylation sites is 1. The van der Waals surface area contributed by atoms with Crippen molar-refractivity contribution in [3.8, 4) is 11.4 Å². The lowest BCUT2D eigenvalue weighted by Gasteiger charge is -2.26. The van der Waals surface area contributed by atoms with Gasteiger partial charge < -0.3 is 18.9 Å². The molecule has 0 aliphatic carbocycles. The first-order valence-corrected chi connectivity index (χ1v) is 9.89. The molecule has 0 saturated carbocycles. The molecule has 0 fully saturated rings. The average molecular weight is 393 g/mol. The molecule has 29 heavy (non-hydrogen) atoms. The van der Waals surface area contributed by atoms with Gasteiger partial charge in [0.2, 0.25) is 0 Å². The zero-order valence-electron chi connectivity index (χ0n) is 17.4. The fourth-order valence-corrected chi connectivity index (χ4v) is 4.02. The highest BCUT2D eigenvalue weighted by Crippen LogP contribution is 2.39. The maximum atomic E-state index is 13.2. The van der Waals surface area contributed by atoms with Crippen LogP contribution in [0.5, 0.6) is 5.75 Å². The summed E-state index contributed by atoms with van der Waals surface area (Å²) < 4.78 is 13.6. The quantitative estimate of drug-likeness (QED) is 0.619. The number of hydrogen-bond donors (Lipinski definition) is 0. The minimum Gasteiger partial charge on any atom is -0.478 e. The third-order valence-corrected chi connectivity index (χ3v) is 5.13. The van der Waals surface area contributed by atoms with Crippen molar-refractivity contribution < 1.29 is 14.3 Å². The van der Waals surface area contributed by atoms with E-state index in [1.165, 1.54) is 0 Å². The Balaban J connectivity index is 2.10. The SMILES string of the molecule is CCOC(=O)c1c(CN(C)C)n(-c2ccccc2)c2ccc3c(c12)CN(C)CO3. The lowest BCUT2D eigenvalue weighted by atomic mass is 10.0. The molecule has 0 radical (unpaired) electrons. The number of nitrogens with zero attached hydrogens (tertiary/aromatic N) is 3. The Hall–Kier alpha value is -2.83. The number of fused-ring (bicyclic) bond motifs is 3. The first-order valence-electron chi connectivity index (χ1n) is 9.89. The summed E-state index contributed by atoms with van der Waals surface area (Å²) in [6.07, 6.45) is 0. The Bertz CT molecular complexity index is 1040. The summed E-state index contributed by atoms with van der Waals surface area (Å²) in [5.74, 6) is 0.549. The third-order valence-electron chi connectivity index (χ3n) is 5.13. The van der Waals surface area contributed by atoms with E-state index in [1.807, 2.05) is 58.4 Å². The predicted molar refractivity (Wildman–Crippen MR) is 114 cm³/mol. The molecule has 0 atom stereocenters. The van der Waals surface area contributed by atoms with E-state index in [-0.39, 0.29) is 5.97 Å². The van der Waals surface area contributed by atoms with Crippen LogP contribution in [0.4, 0.5) is 0 Å². The Morgan fingerprint density at radius 3 is 2.62 bits per heavy atom. The van der Waals surface area contributed by atoms with Gasteiger partial charge in [-0.15, -0.1) is 0 Å². The molecule has 0 bridgehead atoms.